The maximum absolute atomic E-state index is 12.5. The normalized spacial score (nSPS) is 27.6. The lowest BCUT2D eigenvalue weighted by atomic mass is 9.89. The van der Waals surface area contributed by atoms with Crippen molar-refractivity contribution in [2.45, 2.75) is 49.6 Å². The first kappa shape index (κ1) is 13.9. The minimum Gasteiger partial charge on any atom is -0.370 e. The molecule has 0 atom stereocenters. The van der Waals surface area contributed by atoms with Crippen molar-refractivity contribution < 1.29 is 17.6 Å². The molecule has 0 saturated heterocycles. The third-order valence-electron chi connectivity index (χ3n) is 3.04. The van der Waals surface area contributed by atoms with Gasteiger partial charge in [0.2, 0.25) is 0 Å². The molecule has 0 amide bonds. The fraction of sp³-hybridized carbons (Fsp3) is 0.800. The molecule has 19 heavy (non-hydrogen) atoms. The highest BCUT2D eigenvalue weighted by molar-refractivity contribution is 5.97. The van der Waals surface area contributed by atoms with E-state index in [1.54, 1.807) is 0 Å². The van der Waals surface area contributed by atoms with Gasteiger partial charge in [-0.15, -0.1) is 0 Å². The van der Waals surface area contributed by atoms with Gasteiger partial charge in [0.25, 0.3) is 11.8 Å². The van der Waals surface area contributed by atoms with Gasteiger partial charge in [0.1, 0.15) is 0 Å². The topological polar surface area (TPSA) is 88.8 Å². The monoisotopic (exact) mass is 281 g/mol. The molecule has 108 valence electrons. The highest BCUT2D eigenvalue weighted by Crippen LogP contribution is 2.40. The van der Waals surface area contributed by atoms with E-state index in [0.717, 1.165) is 0 Å². The number of halogens is 4. The van der Waals surface area contributed by atoms with E-state index in [0.29, 0.717) is 0 Å². The van der Waals surface area contributed by atoms with E-state index in [9.17, 15) is 17.6 Å². The fourth-order valence-corrected chi connectivity index (χ4v) is 2.03. The summed E-state index contributed by atoms with van der Waals surface area (Å²) in [5.41, 5.74) is 10.9. The third kappa shape index (κ3) is 3.71. The van der Waals surface area contributed by atoms with Gasteiger partial charge < -0.3 is 11.5 Å². The molecule has 0 spiro atoms. The molecular formula is C10H15F4N5. The first-order valence-corrected chi connectivity index (χ1v) is 5.84. The van der Waals surface area contributed by atoms with Gasteiger partial charge in [0, 0.05) is 25.7 Å². The first-order chi connectivity index (χ1) is 8.65. The van der Waals surface area contributed by atoms with Crippen LogP contribution in [-0.4, -0.2) is 35.8 Å². The summed E-state index contributed by atoms with van der Waals surface area (Å²) in [6, 6.07) is -1.08. The van der Waals surface area contributed by atoms with Crippen molar-refractivity contribution in [1.29, 1.82) is 0 Å². The van der Waals surface area contributed by atoms with E-state index < -0.39 is 23.9 Å². The van der Waals surface area contributed by atoms with Crippen LogP contribution in [0.2, 0.25) is 0 Å². The molecule has 2 rings (SSSR count). The molecule has 0 bridgehead atoms. The number of nitrogens with one attached hydrogen (secondary N) is 1. The maximum atomic E-state index is 12.5. The Hall–Kier alpha value is -1.54. The number of nitrogens with zero attached hydrogens (tertiary/aromatic N) is 2. The smallest absolute Gasteiger partial charge is 0.252 e. The van der Waals surface area contributed by atoms with Crippen LogP contribution in [0.15, 0.2) is 9.98 Å². The van der Waals surface area contributed by atoms with E-state index in [2.05, 4.69) is 15.3 Å². The predicted molar refractivity (Wildman–Crippen MR) is 62.3 cm³/mol. The molecule has 5 N–H and O–H groups in total. The second kappa shape index (κ2) is 4.53. The molecule has 0 aromatic heterocycles. The van der Waals surface area contributed by atoms with Crippen LogP contribution in [0, 0.1) is 0 Å². The molecule has 0 aromatic rings. The van der Waals surface area contributed by atoms with Crippen LogP contribution in [-0.2, 0) is 0 Å². The first-order valence-electron chi connectivity index (χ1n) is 5.84. The van der Waals surface area contributed by atoms with Crippen LogP contribution in [0.3, 0.4) is 0 Å². The van der Waals surface area contributed by atoms with E-state index in [1.807, 2.05) is 0 Å². The van der Waals surface area contributed by atoms with E-state index in [-0.39, 0.29) is 37.6 Å². The van der Waals surface area contributed by atoms with Gasteiger partial charge in [0.05, 0.1) is 12.1 Å². The molecule has 0 aromatic carbocycles. The zero-order valence-corrected chi connectivity index (χ0v) is 10.0. The molecule has 9 heteroatoms. The molecule has 5 nitrogen and oxygen atoms in total. The van der Waals surface area contributed by atoms with E-state index >= 15 is 0 Å². The molecule has 0 radical (unpaired) electrons. The van der Waals surface area contributed by atoms with Gasteiger partial charge >= 0.3 is 0 Å². The zero-order valence-electron chi connectivity index (χ0n) is 10.0. The number of alkyl halides is 4. The Morgan fingerprint density at radius 3 is 1.42 bits per heavy atom. The molecule has 0 aliphatic heterocycles. The third-order valence-corrected chi connectivity index (χ3v) is 3.04. The number of rotatable bonds is 2. The lowest BCUT2D eigenvalue weighted by Crippen LogP contribution is -2.47. The van der Waals surface area contributed by atoms with Gasteiger partial charge in [-0.1, -0.05) is 0 Å². The Bertz CT molecular complexity index is 366. The Morgan fingerprint density at radius 2 is 1.16 bits per heavy atom. The molecule has 2 saturated carbocycles. The number of nitrogens with two attached hydrogens (primary N) is 2. The minimum atomic E-state index is -2.68. The van der Waals surface area contributed by atoms with Crippen LogP contribution in [0.25, 0.3) is 0 Å². The van der Waals surface area contributed by atoms with Crippen LogP contribution in [0.5, 0.6) is 0 Å². The highest BCUT2D eigenvalue weighted by Gasteiger charge is 2.46. The average molecular weight is 281 g/mol. The Morgan fingerprint density at radius 1 is 0.842 bits per heavy atom. The van der Waals surface area contributed by atoms with Crippen molar-refractivity contribution in [3.8, 4) is 0 Å². The number of hydrogen-bond donors (Lipinski definition) is 3. The summed E-state index contributed by atoms with van der Waals surface area (Å²) in [6.45, 7) is 0. The summed E-state index contributed by atoms with van der Waals surface area (Å²) >= 11 is 0. The zero-order chi connectivity index (χ0) is 14.3. The summed E-state index contributed by atoms with van der Waals surface area (Å²) in [7, 11) is 0. The van der Waals surface area contributed by atoms with Crippen LogP contribution in [0.1, 0.15) is 25.7 Å². The molecule has 2 aliphatic carbocycles. The van der Waals surface area contributed by atoms with Gasteiger partial charge in [-0.05, 0) is 0 Å². The molecule has 0 unspecified atom stereocenters. The molecular weight excluding hydrogens is 266 g/mol. The van der Waals surface area contributed by atoms with Crippen molar-refractivity contribution in [2.75, 3.05) is 0 Å². The van der Waals surface area contributed by atoms with Crippen LogP contribution >= 0.6 is 0 Å². The summed E-state index contributed by atoms with van der Waals surface area (Å²) in [6.07, 6.45) is -1.38. The van der Waals surface area contributed by atoms with Crippen molar-refractivity contribution >= 4 is 11.9 Å². The van der Waals surface area contributed by atoms with E-state index in [4.69, 9.17) is 11.5 Å². The average Bonchev–Trinajstić information content (AvgIpc) is 2.10. The van der Waals surface area contributed by atoms with Gasteiger partial charge in [-0.2, -0.15) is 0 Å². The molecule has 0 heterocycles. The SMILES string of the molecule is NC(=NC1CC(F)(F)C1)NC(N)=NC1CC(F)(F)C1. The molecule has 2 fully saturated rings. The molecule has 2 aliphatic rings. The lowest BCUT2D eigenvalue weighted by Gasteiger charge is -2.32. The van der Waals surface area contributed by atoms with E-state index in [1.165, 1.54) is 0 Å². The Kier molecular flexibility index (Phi) is 3.31. The maximum Gasteiger partial charge on any atom is 0.252 e. The van der Waals surface area contributed by atoms with Crippen molar-refractivity contribution in [3.05, 3.63) is 0 Å². The second-order valence-corrected chi connectivity index (χ2v) is 4.99. The summed E-state index contributed by atoms with van der Waals surface area (Å²) in [5, 5.41) is 2.40. The van der Waals surface area contributed by atoms with Gasteiger partial charge in [0.15, 0.2) is 11.9 Å². The quantitative estimate of drug-likeness (QED) is 0.397. The largest absolute Gasteiger partial charge is 0.370 e. The summed E-state index contributed by atoms with van der Waals surface area (Å²) in [4.78, 5) is 7.58. The fourth-order valence-electron chi connectivity index (χ4n) is 2.03. The standard InChI is InChI=1S/C10H15F4N5/c11-9(12)1-5(2-9)17-7(15)19-8(16)18-6-3-10(13,14)4-6/h5-6H,1-4H2,(H5,15,16,17,18,19). The predicted octanol–water partition coefficient (Wildman–Crippen LogP) is 0.801. The van der Waals surface area contributed by atoms with Gasteiger partial charge in [-0.25, -0.2) is 27.5 Å². The van der Waals surface area contributed by atoms with Gasteiger partial charge in [-0.3, -0.25) is 5.32 Å². The number of hydrogen-bond acceptors (Lipinski definition) is 2. The Labute approximate surface area is 107 Å². The van der Waals surface area contributed by atoms with Crippen molar-refractivity contribution in [1.82, 2.24) is 5.32 Å². The Balaban J connectivity index is 1.78. The van der Waals surface area contributed by atoms with Crippen LogP contribution < -0.4 is 16.8 Å². The van der Waals surface area contributed by atoms with Crippen molar-refractivity contribution in [2.24, 2.45) is 21.5 Å². The summed E-state index contributed by atoms with van der Waals surface area (Å²) < 4.78 is 50.2. The van der Waals surface area contributed by atoms with Crippen molar-refractivity contribution in [3.63, 3.8) is 0 Å². The minimum absolute atomic E-state index is 0.132. The number of aliphatic imine (C=N–C) groups is 2. The van der Waals surface area contributed by atoms with Crippen LogP contribution in [0.4, 0.5) is 17.6 Å². The second-order valence-electron chi connectivity index (χ2n) is 4.99. The lowest BCUT2D eigenvalue weighted by molar-refractivity contribution is -0.0840. The highest BCUT2D eigenvalue weighted by atomic mass is 19.3. The summed E-state index contributed by atoms with van der Waals surface area (Å²) in [5.74, 6) is -5.61. The number of guanidine groups is 2.